The van der Waals surface area contributed by atoms with Crippen LogP contribution in [0, 0.1) is 11.8 Å². The van der Waals surface area contributed by atoms with Crippen LogP contribution >= 0.6 is 0 Å². The fourth-order valence-corrected chi connectivity index (χ4v) is 4.18. The van der Waals surface area contributed by atoms with Gasteiger partial charge in [-0.3, -0.25) is 0 Å². The molecule has 1 aliphatic rings. The molecule has 1 aliphatic carbocycles. The first-order valence-electron chi connectivity index (χ1n) is 6.94. The Hall–Kier alpha value is -0.0900. The molecule has 0 saturated heterocycles. The van der Waals surface area contributed by atoms with E-state index in [1.807, 2.05) is 6.92 Å². The largest absolute Gasteiger partial charge is 0.313 e. The lowest BCUT2D eigenvalue weighted by Crippen LogP contribution is -2.36. The molecule has 1 N–H and O–H groups in total. The van der Waals surface area contributed by atoms with Crippen LogP contribution in [-0.2, 0) is 9.84 Å². The van der Waals surface area contributed by atoms with Crippen molar-refractivity contribution in [1.29, 1.82) is 0 Å². The molecule has 1 saturated carbocycles. The first-order chi connectivity index (χ1) is 8.00. The lowest BCUT2D eigenvalue weighted by Gasteiger charge is -2.21. The number of hydrogen-bond donors (Lipinski definition) is 1. The van der Waals surface area contributed by atoms with Crippen LogP contribution in [0.4, 0.5) is 0 Å². The molecular formula is C13H27NO2S. The minimum atomic E-state index is -2.82. The molecule has 0 radical (unpaired) electrons. The molecule has 4 heteroatoms. The summed E-state index contributed by atoms with van der Waals surface area (Å²) in [7, 11) is -2.82. The van der Waals surface area contributed by atoms with Crippen molar-refractivity contribution in [2.75, 3.05) is 18.1 Å². The monoisotopic (exact) mass is 261 g/mol. The van der Waals surface area contributed by atoms with Gasteiger partial charge in [-0.05, 0) is 31.1 Å². The van der Waals surface area contributed by atoms with Crippen LogP contribution in [0.2, 0.25) is 0 Å². The molecule has 0 aromatic rings. The predicted molar refractivity (Wildman–Crippen MR) is 72.9 cm³/mol. The van der Waals surface area contributed by atoms with Crippen LogP contribution in [0.3, 0.4) is 0 Å². The summed E-state index contributed by atoms with van der Waals surface area (Å²) in [6.45, 7) is 7.07. The van der Waals surface area contributed by atoms with E-state index in [1.54, 1.807) is 0 Å². The molecule has 1 rings (SSSR count). The van der Waals surface area contributed by atoms with E-state index >= 15 is 0 Å². The van der Waals surface area contributed by atoms with E-state index in [1.165, 1.54) is 19.3 Å². The summed E-state index contributed by atoms with van der Waals surface area (Å²) < 4.78 is 23.1. The van der Waals surface area contributed by atoms with Crippen LogP contribution in [0.1, 0.15) is 46.5 Å². The maximum atomic E-state index is 11.6. The van der Waals surface area contributed by atoms with Crippen molar-refractivity contribution < 1.29 is 8.42 Å². The summed E-state index contributed by atoms with van der Waals surface area (Å²) in [6, 6.07) is 0.525. The molecule has 3 atom stereocenters. The quantitative estimate of drug-likeness (QED) is 0.764. The van der Waals surface area contributed by atoms with Crippen molar-refractivity contribution >= 4 is 9.84 Å². The molecule has 17 heavy (non-hydrogen) atoms. The third kappa shape index (κ3) is 4.59. The molecule has 0 spiro atoms. The number of rotatable bonds is 7. The third-order valence-corrected chi connectivity index (χ3v) is 5.94. The lowest BCUT2D eigenvalue weighted by molar-refractivity contribution is 0.349. The van der Waals surface area contributed by atoms with Crippen LogP contribution < -0.4 is 5.32 Å². The van der Waals surface area contributed by atoms with Crippen LogP contribution in [0.5, 0.6) is 0 Å². The van der Waals surface area contributed by atoms with Gasteiger partial charge in [0.15, 0.2) is 9.84 Å². The van der Waals surface area contributed by atoms with Gasteiger partial charge in [-0.1, -0.05) is 27.2 Å². The zero-order valence-electron chi connectivity index (χ0n) is 11.4. The van der Waals surface area contributed by atoms with Gasteiger partial charge >= 0.3 is 0 Å². The second-order valence-electron chi connectivity index (χ2n) is 5.32. The van der Waals surface area contributed by atoms with Crippen LogP contribution in [0.25, 0.3) is 0 Å². The fourth-order valence-electron chi connectivity index (χ4n) is 2.92. The van der Waals surface area contributed by atoms with Gasteiger partial charge in [0, 0.05) is 18.3 Å². The Morgan fingerprint density at radius 3 is 2.41 bits per heavy atom. The molecule has 1 fully saturated rings. The number of sulfone groups is 1. The summed E-state index contributed by atoms with van der Waals surface area (Å²) in [5, 5.41) is 3.43. The summed E-state index contributed by atoms with van der Waals surface area (Å²) in [4.78, 5) is 0. The van der Waals surface area contributed by atoms with Gasteiger partial charge < -0.3 is 5.32 Å². The molecule has 3 unspecified atom stereocenters. The second kappa shape index (κ2) is 6.74. The SMILES string of the molecule is CCCS(=O)(=O)CCNC1CCC(CC)C1C. The van der Waals surface area contributed by atoms with Crippen molar-refractivity contribution in [3.63, 3.8) is 0 Å². The summed E-state index contributed by atoms with van der Waals surface area (Å²) in [5.41, 5.74) is 0. The zero-order chi connectivity index (χ0) is 12.9. The molecule has 0 bridgehead atoms. The van der Waals surface area contributed by atoms with E-state index in [0.717, 1.165) is 12.3 Å². The van der Waals surface area contributed by atoms with Crippen molar-refractivity contribution in [3.05, 3.63) is 0 Å². The highest BCUT2D eigenvalue weighted by molar-refractivity contribution is 7.91. The zero-order valence-corrected chi connectivity index (χ0v) is 12.2. The Labute approximate surface area is 106 Å². The van der Waals surface area contributed by atoms with Gasteiger partial charge in [-0.2, -0.15) is 0 Å². The number of nitrogens with one attached hydrogen (secondary N) is 1. The topological polar surface area (TPSA) is 46.2 Å². The standard InChI is InChI=1S/C13H27NO2S/c1-4-9-17(15,16)10-8-14-13-7-6-12(5-2)11(13)3/h11-14H,4-10H2,1-3H3. The second-order valence-corrected chi connectivity index (χ2v) is 7.62. The van der Waals surface area contributed by atoms with E-state index in [4.69, 9.17) is 0 Å². The summed E-state index contributed by atoms with van der Waals surface area (Å²) >= 11 is 0. The first-order valence-corrected chi connectivity index (χ1v) is 8.76. The predicted octanol–water partition coefficient (Wildman–Crippen LogP) is 2.23. The summed E-state index contributed by atoms with van der Waals surface area (Å²) in [6.07, 6.45) is 4.46. The molecular weight excluding hydrogens is 234 g/mol. The Kier molecular flexibility index (Phi) is 5.93. The minimum Gasteiger partial charge on any atom is -0.313 e. The third-order valence-electron chi connectivity index (χ3n) is 4.09. The highest BCUT2D eigenvalue weighted by Gasteiger charge is 2.30. The van der Waals surface area contributed by atoms with Crippen molar-refractivity contribution in [2.45, 2.75) is 52.5 Å². The molecule has 0 heterocycles. The highest BCUT2D eigenvalue weighted by Crippen LogP contribution is 2.33. The Bertz CT molecular complexity index is 313. The molecule has 0 aromatic carbocycles. The van der Waals surface area contributed by atoms with E-state index in [2.05, 4.69) is 19.2 Å². The molecule has 3 nitrogen and oxygen atoms in total. The molecule has 102 valence electrons. The van der Waals surface area contributed by atoms with Crippen molar-refractivity contribution in [1.82, 2.24) is 5.32 Å². The smallest absolute Gasteiger partial charge is 0.151 e. The minimum absolute atomic E-state index is 0.293. The maximum Gasteiger partial charge on any atom is 0.151 e. The Morgan fingerprint density at radius 2 is 1.88 bits per heavy atom. The van der Waals surface area contributed by atoms with E-state index in [9.17, 15) is 8.42 Å². The van der Waals surface area contributed by atoms with Gasteiger partial charge in [0.2, 0.25) is 0 Å². The lowest BCUT2D eigenvalue weighted by atomic mass is 9.93. The average Bonchev–Trinajstić information content (AvgIpc) is 2.60. The maximum absolute atomic E-state index is 11.6. The molecule has 0 amide bonds. The average molecular weight is 261 g/mol. The Balaban J connectivity index is 2.28. The Morgan fingerprint density at radius 1 is 1.18 bits per heavy atom. The van der Waals surface area contributed by atoms with Crippen molar-refractivity contribution in [3.8, 4) is 0 Å². The highest BCUT2D eigenvalue weighted by atomic mass is 32.2. The fraction of sp³-hybridized carbons (Fsp3) is 1.00. The van der Waals surface area contributed by atoms with Gasteiger partial charge in [0.05, 0.1) is 5.75 Å². The van der Waals surface area contributed by atoms with Crippen molar-refractivity contribution in [2.24, 2.45) is 11.8 Å². The van der Waals surface area contributed by atoms with E-state index in [0.29, 0.717) is 30.0 Å². The van der Waals surface area contributed by atoms with E-state index < -0.39 is 9.84 Å². The van der Waals surface area contributed by atoms with Gasteiger partial charge in [0.1, 0.15) is 0 Å². The van der Waals surface area contributed by atoms with Crippen LogP contribution in [-0.4, -0.2) is 32.5 Å². The molecule has 0 aromatic heterocycles. The molecule has 0 aliphatic heterocycles. The number of hydrogen-bond acceptors (Lipinski definition) is 3. The summed E-state index contributed by atoms with van der Waals surface area (Å²) in [5.74, 6) is 2.13. The van der Waals surface area contributed by atoms with Gasteiger partial charge in [-0.25, -0.2) is 8.42 Å². The van der Waals surface area contributed by atoms with Crippen LogP contribution in [0.15, 0.2) is 0 Å². The van der Waals surface area contributed by atoms with Gasteiger partial charge in [0.25, 0.3) is 0 Å². The first kappa shape index (κ1) is 15.0. The normalized spacial score (nSPS) is 29.7. The van der Waals surface area contributed by atoms with E-state index in [-0.39, 0.29) is 0 Å². The van der Waals surface area contributed by atoms with Gasteiger partial charge in [-0.15, -0.1) is 0 Å².